The Labute approximate surface area is 161 Å². The number of anilines is 1. The van der Waals surface area contributed by atoms with Crippen LogP contribution in [-0.2, 0) is 4.79 Å². The maximum absolute atomic E-state index is 13.2. The second kappa shape index (κ2) is 8.12. The zero-order valence-corrected chi connectivity index (χ0v) is 16.0. The zero-order chi connectivity index (χ0) is 17.8. The third kappa shape index (κ3) is 4.90. The summed E-state index contributed by atoms with van der Waals surface area (Å²) in [5.74, 6) is 0.204. The summed E-state index contributed by atoms with van der Waals surface area (Å²) in [6, 6.07) is 9.60. The largest absolute Gasteiger partial charge is 0.492 e. The number of rotatable bonds is 6. The third-order valence-electron chi connectivity index (χ3n) is 3.30. The molecule has 0 saturated heterocycles. The number of benzene rings is 2. The standard InChI is InChI=1S/C17H13BrClFN2O2S/c18-12-8-10(19)3-6-14(12)24-7-1-2-16(23)22-17-21-13-5-4-11(20)9-15(13)25-17/h3-6,8-9H,1-2,7H2,(H,21,22,23). The molecule has 0 spiro atoms. The number of fused-ring (bicyclic) bond motifs is 1. The van der Waals surface area contributed by atoms with Crippen LogP contribution in [0.25, 0.3) is 10.2 Å². The first kappa shape index (κ1) is 18.1. The Morgan fingerprint density at radius 3 is 2.96 bits per heavy atom. The van der Waals surface area contributed by atoms with Gasteiger partial charge in [0.15, 0.2) is 5.13 Å². The highest BCUT2D eigenvalue weighted by molar-refractivity contribution is 9.10. The number of nitrogens with one attached hydrogen (secondary N) is 1. The quantitative estimate of drug-likeness (QED) is 0.501. The van der Waals surface area contributed by atoms with Crippen molar-refractivity contribution in [3.63, 3.8) is 0 Å². The van der Waals surface area contributed by atoms with Gasteiger partial charge in [-0.15, -0.1) is 0 Å². The van der Waals surface area contributed by atoms with E-state index >= 15 is 0 Å². The molecule has 0 bridgehead atoms. The number of aromatic nitrogens is 1. The Morgan fingerprint density at radius 1 is 1.32 bits per heavy atom. The molecule has 0 aliphatic heterocycles. The topological polar surface area (TPSA) is 51.2 Å². The molecule has 0 atom stereocenters. The van der Waals surface area contributed by atoms with Gasteiger partial charge in [-0.3, -0.25) is 4.79 Å². The molecule has 25 heavy (non-hydrogen) atoms. The summed E-state index contributed by atoms with van der Waals surface area (Å²) in [5.41, 5.74) is 0.664. The normalized spacial score (nSPS) is 10.8. The van der Waals surface area contributed by atoms with Crippen LogP contribution in [0.5, 0.6) is 5.75 Å². The molecule has 2 aromatic carbocycles. The molecular weight excluding hydrogens is 431 g/mol. The Bertz CT molecular complexity index is 919. The molecule has 0 aliphatic carbocycles. The molecular formula is C17H13BrClFN2O2S. The molecule has 0 radical (unpaired) electrons. The van der Waals surface area contributed by atoms with Crippen molar-refractivity contribution >= 4 is 60.1 Å². The first-order valence-electron chi connectivity index (χ1n) is 7.45. The SMILES string of the molecule is O=C(CCCOc1ccc(Cl)cc1Br)Nc1nc2ccc(F)cc2s1. The number of ether oxygens (including phenoxy) is 1. The van der Waals surface area contributed by atoms with Crippen LogP contribution in [0.2, 0.25) is 5.02 Å². The van der Waals surface area contributed by atoms with Crippen LogP contribution < -0.4 is 10.1 Å². The number of hydrogen-bond acceptors (Lipinski definition) is 4. The summed E-state index contributed by atoms with van der Waals surface area (Å²) >= 11 is 10.5. The van der Waals surface area contributed by atoms with Gasteiger partial charge in [-0.05, 0) is 58.7 Å². The van der Waals surface area contributed by atoms with Crippen molar-refractivity contribution in [2.24, 2.45) is 0 Å². The fraction of sp³-hybridized carbons (Fsp3) is 0.176. The predicted octanol–water partition coefficient (Wildman–Crippen LogP) is 5.65. The highest BCUT2D eigenvalue weighted by atomic mass is 79.9. The zero-order valence-electron chi connectivity index (χ0n) is 12.9. The molecule has 1 heterocycles. The number of halogens is 3. The number of thiazole rings is 1. The van der Waals surface area contributed by atoms with E-state index in [1.807, 2.05) is 0 Å². The van der Waals surface area contributed by atoms with Crippen LogP contribution in [0.4, 0.5) is 9.52 Å². The fourth-order valence-electron chi connectivity index (χ4n) is 2.14. The molecule has 1 amide bonds. The molecule has 0 fully saturated rings. The van der Waals surface area contributed by atoms with Crippen molar-refractivity contribution in [2.75, 3.05) is 11.9 Å². The molecule has 3 rings (SSSR count). The van der Waals surface area contributed by atoms with Crippen LogP contribution in [0, 0.1) is 5.82 Å². The van der Waals surface area contributed by atoms with Crippen molar-refractivity contribution in [1.29, 1.82) is 0 Å². The van der Waals surface area contributed by atoms with Gasteiger partial charge in [0.2, 0.25) is 5.91 Å². The van der Waals surface area contributed by atoms with Gasteiger partial charge in [0.1, 0.15) is 11.6 Å². The highest BCUT2D eigenvalue weighted by Crippen LogP contribution is 2.28. The lowest BCUT2D eigenvalue weighted by Gasteiger charge is -2.08. The van der Waals surface area contributed by atoms with Gasteiger partial charge in [0, 0.05) is 11.4 Å². The predicted molar refractivity (Wildman–Crippen MR) is 102 cm³/mol. The molecule has 1 N–H and O–H groups in total. The van der Waals surface area contributed by atoms with E-state index in [0.717, 1.165) is 4.47 Å². The van der Waals surface area contributed by atoms with Crippen molar-refractivity contribution in [2.45, 2.75) is 12.8 Å². The molecule has 3 aromatic rings. The van der Waals surface area contributed by atoms with Gasteiger partial charge in [-0.25, -0.2) is 9.37 Å². The number of amides is 1. The molecule has 1 aromatic heterocycles. The summed E-state index contributed by atoms with van der Waals surface area (Å²) in [7, 11) is 0. The number of carbonyl (C=O) groups is 1. The van der Waals surface area contributed by atoms with Gasteiger partial charge in [0.05, 0.1) is 21.3 Å². The minimum absolute atomic E-state index is 0.154. The maximum Gasteiger partial charge on any atom is 0.226 e. The minimum Gasteiger partial charge on any atom is -0.492 e. The molecule has 130 valence electrons. The minimum atomic E-state index is -0.320. The van der Waals surface area contributed by atoms with E-state index in [1.54, 1.807) is 24.3 Å². The summed E-state index contributed by atoms with van der Waals surface area (Å²) in [6.45, 7) is 0.401. The van der Waals surface area contributed by atoms with Crippen LogP contribution in [0.3, 0.4) is 0 Å². The van der Waals surface area contributed by atoms with Crippen molar-refractivity contribution < 1.29 is 13.9 Å². The lowest BCUT2D eigenvalue weighted by Crippen LogP contribution is -2.12. The van der Waals surface area contributed by atoms with Gasteiger partial charge in [-0.1, -0.05) is 22.9 Å². The van der Waals surface area contributed by atoms with E-state index < -0.39 is 0 Å². The Kier molecular flexibility index (Phi) is 5.88. The smallest absolute Gasteiger partial charge is 0.226 e. The maximum atomic E-state index is 13.2. The lowest BCUT2D eigenvalue weighted by atomic mass is 10.3. The van der Waals surface area contributed by atoms with E-state index in [0.29, 0.717) is 45.6 Å². The average molecular weight is 444 g/mol. The number of nitrogens with zero attached hydrogens (tertiary/aromatic N) is 1. The van der Waals surface area contributed by atoms with Crippen LogP contribution >= 0.6 is 38.9 Å². The van der Waals surface area contributed by atoms with Crippen molar-refractivity contribution in [3.05, 3.63) is 51.7 Å². The fourth-order valence-corrected chi connectivity index (χ4v) is 3.84. The summed E-state index contributed by atoms with van der Waals surface area (Å²) in [6.07, 6.45) is 0.857. The summed E-state index contributed by atoms with van der Waals surface area (Å²) in [5, 5.41) is 3.82. The lowest BCUT2D eigenvalue weighted by molar-refractivity contribution is -0.116. The number of carbonyl (C=O) groups excluding carboxylic acids is 1. The Morgan fingerprint density at radius 2 is 2.16 bits per heavy atom. The highest BCUT2D eigenvalue weighted by Gasteiger charge is 2.09. The monoisotopic (exact) mass is 442 g/mol. The van der Waals surface area contributed by atoms with E-state index in [9.17, 15) is 9.18 Å². The van der Waals surface area contributed by atoms with Gasteiger partial charge in [0.25, 0.3) is 0 Å². The molecule has 0 saturated carbocycles. The van der Waals surface area contributed by atoms with Crippen molar-refractivity contribution in [1.82, 2.24) is 4.98 Å². The summed E-state index contributed by atoms with van der Waals surface area (Å²) in [4.78, 5) is 16.2. The van der Waals surface area contributed by atoms with Gasteiger partial charge >= 0.3 is 0 Å². The van der Waals surface area contributed by atoms with Crippen LogP contribution in [0.1, 0.15) is 12.8 Å². The molecule has 0 aliphatic rings. The van der Waals surface area contributed by atoms with Gasteiger partial charge < -0.3 is 10.1 Å². The number of hydrogen-bond donors (Lipinski definition) is 1. The third-order valence-corrected chi connectivity index (χ3v) is 5.08. The van der Waals surface area contributed by atoms with Crippen LogP contribution in [-0.4, -0.2) is 17.5 Å². The van der Waals surface area contributed by atoms with E-state index in [4.69, 9.17) is 16.3 Å². The van der Waals surface area contributed by atoms with E-state index in [1.165, 1.54) is 23.5 Å². The Balaban J connectivity index is 1.47. The van der Waals surface area contributed by atoms with E-state index in [2.05, 4.69) is 26.2 Å². The van der Waals surface area contributed by atoms with Gasteiger partial charge in [-0.2, -0.15) is 0 Å². The second-order valence-corrected chi connectivity index (χ2v) is 7.53. The molecule has 4 nitrogen and oxygen atoms in total. The van der Waals surface area contributed by atoms with Crippen molar-refractivity contribution in [3.8, 4) is 5.75 Å². The van der Waals surface area contributed by atoms with E-state index in [-0.39, 0.29) is 11.7 Å². The summed E-state index contributed by atoms with van der Waals surface area (Å²) < 4.78 is 20.3. The molecule has 8 heteroatoms. The first-order chi connectivity index (χ1) is 12.0. The molecule has 0 unspecified atom stereocenters. The second-order valence-electron chi connectivity index (χ2n) is 5.21. The Hall–Kier alpha value is -1.70. The first-order valence-corrected chi connectivity index (χ1v) is 9.44. The average Bonchev–Trinajstić information content (AvgIpc) is 2.94. The van der Waals surface area contributed by atoms with Crippen LogP contribution in [0.15, 0.2) is 40.9 Å².